The van der Waals surface area contributed by atoms with E-state index in [-0.39, 0.29) is 12.4 Å². The minimum absolute atomic E-state index is 0. The van der Waals surface area contributed by atoms with Crippen LogP contribution in [0, 0.1) is 0 Å². The van der Waals surface area contributed by atoms with Gasteiger partial charge in [-0.1, -0.05) is 13.3 Å². The van der Waals surface area contributed by atoms with Crippen molar-refractivity contribution >= 4 is 12.4 Å². The lowest BCUT2D eigenvalue weighted by molar-refractivity contribution is -0.0602. The Bertz CT molecular complexity index is 164. The number of rotatable bonds is 2. The van der Waals surface area contributed by atoms with Crippen LogP contribution in [-0.4, -0.2) is 49.8 Å². The van der Waals surface area contributed by atoms with Gasteiger partial charge < -0.3 is 10.1 Å². The van der Waals surface area contributed by atoms with Crippen LogP contribution in [0.5, 0.6) is 0 Å². The van der Waals surface area contributed by atoms with E-state index in [1.807, 2.05) is 0 Å². The Morgan fingerprint density at radius 3 is 3.07 bits per heavy atom. The minimum Gasteiger partial charge on any atom is -0.378 e. The van der Waals surface area contributed by atoms with Gasteiger partial charge in [0.25, 0.3) is 0 Å². The third kappa shape index (κ3) is 2.60. The monoisotopic (exact) mass is 220 g/mol. The molecular formula is C10H21ClN2O. The molecule has 0 amide bonds. The van der Waals surface area contributed by atoms with Gasteiger partial charge >= 0.3 is 0 Å². The van der Waals surface area contributed by atoms with E-state index in [9.17, 15) is 0 Å². The van der Waals surface area contributed by atoms with Crippen LogP contribution in [0.1, 0.15) is 19.8 Å². The Labute approximate surface area is 92.6 Å². The van der Waals surface area contributed by atoms with Gasteiger partial charge in [0.1, 0.15) is 0 Å². The first kappa shape index (κ1) is 12.2. The van der Waals surface area contributed by atoms with Crippen molar-refractivity contribution in [2.45, 2.75) is 31.8 Å². The molecule has 2 rings (SSSR count). The third-order valence-corrected chi connectivity index (χ3v) is 3.11. The van der Waals surface area contributed by atoms with Gasteiger partial charge in [0.15, 0.2) is 0 Å². The maximum Gasteiger partial charge on any atom is 0.0635 e. The Morgan fingerprint density at radius 1 is 1.43 bits per heavy atom. The fraction of sp³-hybridized carbons (Fsp3) is 1.00. The van der Waals surface area contributed by atoms with E-state index < -0.39 is 0 Å². The summed E-state index contributed by atoms with van der Waals surface area (Å²) in [6.07, 6.45) is 2.56. The summed E-state index contributed by atoms with van der Waals surface area (Å²) in [4.78, 5) is 2.64. The van der Waals surface area contributed by atoms with E-state index in [1.54, 1.807) is 0 Å². The average Bonchev–Trinajstić information content (AvgIpc) is 2.19. The van der Waals surface area contributed by atoms with E-state index in [2.05, 4.69) is 17.1 Å². The SMILES string of the molecule is CCC[C@H]1COC[C@H]2CNCCN21.Cl. The summed E-state index contributed by atoms with van der Waals surface area (Å²) in [5.41, 5.74) is 0. The van der Waals surface area contributed by atoms with Crippen LogP contribution in [0.2, 0.25) is 0 Å². The molecule has 0 saturated carbocycles. The fourth-order valence-electron chi connectivity index (χ4n) is 2.43. The number of morpholine rings is 1. The molecule has 0 bridgehead atoms. The summed E-state index contributed by atoms with van der Waals surface area (Å²) in [7, 11) is 0. The molecule has 14 heavy (non-hydrogen) atoms. The molecular weight excluding hydrogens is 200 g/mol. The smallest absolute Gasteiger partial charge is 0.0635 e. The van der Waals surface area contributed by atoms with Crippen molar-refractivity contribution in [3.8, 4) is 0 Å². The maximum absolute atomic E-state index is 5.62. The van der Waals surface area contributed by atoms with Crippen molar-refractivity contribution in [1.82, 2.24) is 10.2 Å². The maximum atomic E-state index is 5.62. The highest BCUT2D eigenvalue weighted by Crippen LogP contribution is 2.18. The summed E-state index contributed by atoms with van der Waals surface area (Å²) in [5, 5.41) is 3.42. The quantitative estimate of drug-likeness (QED) is 0.748. The molecule has 0 aromatic carbocycles. The van der Waals surface area contributed by atoms with Crippen LogP contribution < -0.4 is 5.32 Å². The zero-order valence-electron chi connectivity index (χ0n) is 8.87. The van der Waals surface area contributed by atoms with Gasteiger partial charge in [-0.25, -0.2) is 0 Å². The number of hydrogen-bond acceptors (Lipinski definition) is 3. The van der Waals surface area contributed by atoms with E-state index in [1.165, 1.54) is 19.4 Å². The second-order valence-corrected chi connectivity index (χ2v) is 4.08. The molecule has 0 aromatic heterocycles. The zero-order chi connectivity index (χ0) is 9.10. The predicted molar refractivity (Wildman–Crippen MR) is 60.1 cm³/mol. The van der Waals surface area contributed by atoms with Gasteiger partial charge in [0.2, 0.25) is 0 Å². The number of ether oxygens (including phenoxy) is 1. The van der Waals surface area contributed by atoms with Crippen molar-refractivity contribution in [3.05, 3.63) is 0 Å². The van der Waals surface area contributed by atoms with E-state index in [0.29, 0.717) is 12.1 Å². The van der Waals surface area contributed by atoms with Crippen molar-refractivity contribution < 1.29 is 4.74 Å². The molecule has 3 nitrogen and oxygen atoms in total. The van der Waals surface area contributed by atoms with E-state index in [0.717, 1.165) is 26.3 Å². The fourth-order valence-corrected chi connectivity index (χ4v) is 2.43. The summed E-state index contributed by atoms with van der Waals surface area (Å²) in [6, 6.07) is 1.32. The van der Waals surface area contributed by atoms with Gasteiger partial charge in [-0.15, -0.1) is 12.4 Å². The van der Waals surface area contributed by atoms with Crippen molar-refractivity contribution in [3.63, 3.8) is 0 Å². The second kappa shape index (κ2) is 5.91. The van der Waals surface area contributed by atoms with Crippen molar-refractivity contribution in [1.29, 1.82) is 0 Å². The van der Waals surface area contributed by atoms with Crippen LogP contribution in [0.15, 0.2) is 0 Å². The topological polar surface area (TPSA) is 24.5 Å². The first-order valence-electron chi connectivity index (χ1n) is 5.46. The molecule has 2 fully saturated rings. The molecule has 0 radical (unpaired) electrons. The van der Waals surface area contributed by atoms with Gasteiger partial charge in [0.05, 0.1) is 13.2 Å². The van der Waals surface area contributed by atoms with Crippen LogP contribution in [0.25, 0.3) is 0 Å². The number of piperazine rings is 1. The van der Waals surface area contributed by atoms with Crippen LogP contribution in [0.3, 0.4) is 0 Å². The Hall–Kier alpha value is 0.170. The van der Waals surface area contributed by atoms with Gasteiger partial charge in [-0.2, -0.15) is 0 Å². The lowest BCUT2D eigenvalue weighted by atomic mass is 10.0. The van der Waals surface area contributed by atoms with Gasteiger partial charge in [-0.05, 0) is 6.42 Å². The second-order valence-electron chi connectivity index (χ2n) is 4.08. The summed E-state index contributed by atoms with van der Waals surface area (Å²) in [5.74, 6) is 0. The summed E-state index contributed by atoms with van der Waals surface area (Å²) in [6.45, 7) is 7.60. The molecule has 0 unspecified atom stereocenters. The molecule has 0 aliphatic carbocycles. The molecule has 2 saturated heterocycles. The average molecular weight is 221 g/mol. The standard InChI is InChI=1S/C10H20N2O.ClH/c1-2-3-9-7-13-8-10-6-11-4-5-12(9)10;/h9-11H,2-8H2,1H3;1H/t9-,10+;/m0./s1. The molecule has 2 aliphatic rings. The lowest BCUT2D eigenvalue weighted by Crippen LogP contribution is -2.60. The Morgan fingerprint density at radius 2 is 2.29 bits per heavy atom. The van der Waals surface area contributed by atoms with Crippen LogP contribution in [-0.2, 0) is 4.74 Å². The summed E-state index contributed by atoms with van der Waals surface area (Å²) >= 11 is 0. The highest BCUT2D eigenvalue weighted by atomic mass is 35.5. The Balaban J connectivity index is 0.000000980. The largest absolute Gasteiger partial charge is 0.378 e. The zero-order valence-corrected chi connectivity index (χ0v) is 9.68. The summed E-state index contributed by atoms with van der Waals surface area (Å²) < 4.78 is 5.62. The van der Waals surface area contributed by atoms with E-state index in [4.69, 9.17) is 4.74 Å². The van der Waals surface area contributed by atoms with Gasteiger partial charge in [-0.3, -0.25) is 4.90 Å². The third-order valence-electron chi connectivity index (χ3n) is 3.11. The number of nitrogens with one attached hydrogen (secondary N) is 1. The van der Waals surface area contributed by atoms with Crippen molar-refractivity contribution in [2.24, 2.45) is 0 Å². The minimum atomic E-state index is 0. The molecule has 2 aliphatic heterocycles. The molecule has 2 heterocycles. The lowest BCUT2D eigenvalue weighted by Gasteiger charge is -2.44. The van der Waals surface area contributed by atoms with Crippen LogP contribution in [0.4, 0.5) is 0 Å². The van der Waals surface area contributed by atoms with Gasteiger partial charge in [0, 0.05) is 31.7 Å². The number of fused-ring (bicyclic) bond motifs is 1. The molecule has 84 valence electrons. The number of halogens is 1. The number of hydrogen-bond donors (Lipinski definition) is 1. The molecule has 0 aromatic rings. The molecule has 1 N–H and O–H groups in total. The highest BCUT2D eigenvalue weighted by Gasteiger charge is 2.31. The van der Waals surface area contributed by atoms with Crippen LogP contribution >= 0.6 is 12.4 Å². The molecule has 2 atom stereocenters. The molecule has 4 heteroatoms. The Kier molecular flexibility index (Phi) is 5.17. The first-order chi connectivity index (χ1) is 6.42. The molecule has 0 spiro atoms. The van der Waals surface area contributed by atoms with Crippen molar-refractivity contribution in [2.75, 3.05) is 32.8 Å². The highest BCUT2D eigenvalue weighted by molar-refractivity contribution is 5.85. The predicted octanol–water partition coefficient (Wildman–Crippen LogP) is 0.881. The number of nitrogens with zero attached hydrogens (tertiary/aromatic N) is 1. The normalized spacial score (nSPS) is 33.2. The first-order valence-corrected chi connectivity index (χ1v) is 5.46. The van der Waals surface area contributed by atoms with E-state index >= 15 is 0 Å².